The van der Waals surface area contributed by atoms with Gasteiger partial charge in [0.05, 0.1) is 12.9 Å². The number of thiazole rings is 1. The minimum absolute atomic E-state index is 0.825. The molecule has 0 amide bonds. The normalized spacial score (nSPS) is 11.0. The van der Waals surface area contributed by atoms with Gasteiger partial charge in [-0.05, 0) is 37.6 Å². The summed E-state index contributed by atoms with van der Waals surface area (Å²) in [6.07, 6.45) is 2.24. The van der Waals surface area contributed by atoms with Crippen molar-refractivity contribution in [3.63, 3.8) is 0 Å². The summed E-state index contributed by atoms with van der Waals surface area (Å²) in [5, 5.41) is 13.0. The number of aryl methyl sites for hydroxylation is 1. The fourth-order valence-corrected chi connectivity index (χ4v) is 4.22. The van der Waals surface area contributed by atoms with E-state index in [1.807, 2.05) is 31.2 Å². The Morgan fingerprint density at radius 2 is 2.00 bits per heavy atom. The highest BCUT2D eigenvalue weighted by Gasteiger charge is 2.15. The van der Waals surface area contributed by atoms with Crippen LogP contribution in [0.25, 0.3) is 11.4 Å². The van der Waals surface area contributed by atoms with Crippen molar-refractivity contribution < 1.29 is 4.74 Å². The smallest absolute Gasteiger partial charge is 0.191 e. The van der Waals surface area contributed by atoms with Crippen LogP contribution in [0.5, 0.6) is 5.75 Å². The molecule has 2 heterocycles. The average molecular weight is 375 g/mol. The van der Waals surface area contributed by atoms with Crippen molar-refractivity contribution in [3.8, 4) is 17.1 Å². The van der Waals surface area contributed by atoms with Crippen LogP contribution in [-0.4, -0.2) is 26.9 Å². The number of thioether (sulfide) groups is 1. The molecule has 25 heavy (non-hydrogen) atoms. The van der Waals surface area contributed by atoms with E-state index in [0.29, 0.717) is 0 Å². The second kappa shape index (κ2) is 8.49. The fourth-order valence-electron chi connectivity index (χ4n) is 2.46. The lowest BCUT2D eigenvalue weighted by molar-refractivity contribution is 0.415. The van der Waals surface area contributed by atoms with Gasteiger partial charge in [-0.3, -0.25) is 0 Å². The Labute approximate surface area is 156 Å². The predicted octanol–water partition coefficient (Wildman–Crippen LogP) is 4.81. The van der Waals surface area contributed by atoms with Crippen molar-refractivity contribution in [2.45, 2.75) is 44.1 Å². The molecule has 0 bridgehead atoms. The van der Waals surface area contributed by atoms with Crippen molar-refractivity contribution in [3.05, 3.63) is 40.3 Å². The Morgan fingerprint density at radius 1 is 1.20 bits per heavy atom. The van der Waals surface area contributed by atoms with Crippen LogP contribution in [-0.2, 0) is 12.3 Å². The molecular formula is C18H22N4OS2. The van der Waals surface area contributed by atoms with E-state index >= 15 is 0 Å². The molecule has 3 aromatic rings. The predicted molar refractivity (Wildman–Crippen MR) is 103 cm³/mol. The molecule has 0 N–H and O–H groups in total. The molecule has 1 aromatic carbocycles. The van der Waals surface area contributed by atoms with Gasteiger partial charge in [0.25, 0.3) is 0 Å². The molecule has 0 aliphatic carbocycles. The highest BCUT2D eigenvalue weighted by molar-refractivity contribution is 7.98. The summed E-state index contributed by atoms with van der Waals surface area (Å²) in [6.45, 7) is 5.14. The van der Waals surface area contributed by atoms with E-state index in [4.69, 9.17) is 4.74 Å². The number of methoxy groups -OCH3 is 1. The van der Waals surface area contributed by atoms with Crippen LogP contribution < -0.4 is 4.74 Å². The lowest BCUT2D eigenvalue weighted by atomic mass is 10.2. The Hall–Kier alpha value is -1.86. The van der Waals surface area contributed by atoms with Gasteiger partial charge < -0.3 is 9.30 Å². The van der Waals surface area contributed by atoms with Gasteiger partial charge in [0.15, 0.2) is 11.0 Å². The molecule has 0 aliphatic rings. The molecule has 0 saturated carbocycles. The molecule has 0 unspecified atom stereocenters. The van der Waals surface area contributed by atoms with Crippen molar-refractivity contribution in [2.24, 2.45) is 0 Å². The van der Waals surface area contributed by atoms with Gasteiger partial charge in [-0.2, -0.15) is 0 Å². The molecule has 5 nitrogen and oxygen atoms in total. The van der Waals surface area contributed by atoms with Gasteiger partial charge in [0, 0.05) is 23.2 Å². The van der Waals surface area contributed by atoms with Crippen molar-refractivity contribution >= 4 is 23.1 Å². The van der Waals surface area contributed by atoms with Crippen LogP contribution in [0.3, 0.4) is 0 Å². The monoisotopic (exact) mass is 374 g/mol. The number of rotatable bonds is 8. The summed E-state index contributed by atoms with van der Waals surface area (Å²) in [5.41, 5.74) is 2.13. The molecular weight excluding hydrogens is 352 g/mol. The molecule has 0 saturated heterocycles. The second-order valence-corrected chi connectivity index (χ2v) is 7.60. The molecule has 0 atom stereocenters. The average Bonchev–Trinajstić information content (AvgIpc) is 3.24. The topological polar surface area (TPSA) is 52.8 Å². The molecule has 3 rings (SSSR count). The van der Waals surface area contributed by atoms with Gasteiger partial charge in [0.1, 0.15) is 10.8 Å². The summed E-state index contributed by atoms with van der Waals surface area (Å²) in [4.78, 5) is 4.53. The summed E-state index contributed by atoms with van der Waals surface area (Å²) < 4.78 is 7.46. The largest absolute Gasteiger partial charge is 0.497 e. The van der Waals surface area contributed by atoms with Crippen molar-refractivity contribution in [2.75, 3.05) is 7.11 Å². The quantitative estimate of drug-likeness (QED) is 0.530. The zero-order valence-corrected chi connectivity index (χ0v) is 16.4. The first-order valence-electron chi connectivity index (χ1n) is 8.32. The standard InChI is InChI=1S/C18H22N4OS2/c1-4-5-10-22-17(14-6-8-15(23-3)9-7-14)20-21-18(22)25-12-16-19-13(2)11-24-16/h6-9,11H,4-5,10,12H2,1-3H3. The van der Waals surface area contributed by atoms with Gasteiger partial charge in [-0.1, -0.05) is 25.1 Å². The van der Waals surface area contributed by atoms with E-state index in [1.165, 1.54) is 0 Å². The van der Waals surface area contributed by atoms with E-state index in [-0.39, 0.29) is 0 Å². The third-order valence-electron chi connectivity index (χ3n) is 3.79. The Morgan fingerprint density at radius 3 is 2.64 bits per heavy atom. The van der Waals surface area contributed by atoms with E-state index in [0.717, 1.165) is 58.1 Å². The molecule has 2 aromatic heterocycles. The number of benzene rings is 1. The number of unbranched alkanes of at least 4 members (excludes halogenated alkanes) is 1. The molecule has 132 valence electrons. The highest BCUT2D eigenvalue weighted by atomic mass is 32.2. The summed E-state index contributed by atoms with van der Waals surface area (Å²) in [7, 11) is 1.67. The third kappa shape index (κ3) is 4.41. The first kappa shape index (κ1) is 17.9. The van der Waals surface area contributed by atoms with Gasteiger partial charge in [-0.25, -0.2) is 4.98 Å². The van der Waals surface area contributed by atoms with E-state index in [2.05, 4.69) is 32.1 Å². The minimum Gasteiger partial charge on any atom is -0.497 e. The van der Waals surface area contributed by atoms with Crippen LogP contribution in [0, 0.1) is 6.92 Å². The first-order chi connectivity index (χ1) is 12.2. The number of nitrogens with zero attached hydrogens (tertiary/aromatic N) is 4. The lowest BCUT2D eigenvalue weighted by Crippen LogP contribution is -2.02. The van der Waals surface area contributed by atoms with Crippen molar-refractivity contribution in [1.29, 1.82) is 0 Å². The Bertz CT molecular complexity index is 811. The molecule has 7 heteroatoms. The maximum Gasteiger partial charge on any atom is 0.191 e. The van der Waals surface area contributed by atoms with Gasteiger partial charge in [-0.15, -0.1) is 21.5 Å². The minimum atomic E-state index is 0.825. The maximum absolute atomic E-state index is 5.24. The number of hydrogen-bond acceptors (Lipinski definition) is 6. The Kier molecular flexibility index (Phi) is 6.09. The van der Waals surface area contributed by atoms with Gasteiger partial charge >= 0.3 is 0 Å². The number of ether oxygens (including phenoxy) is 1. The van der Waals surface area contributed by atoms with E-state index in [1.54, 1.807) is 30.2 Å². The zero-order chi connectivity index (χ0) is 17.6. The molecule has 0 fully saturated rings. The first-order valence-corrected chi connectivity index (χ1v) is 10.2. The molecule has 0 radical (unpaired) electrons. The van der Waals surface area contributed by atoms with Gasteiger partial charge in [0.2, 0.25) is 0 Å². The maximum atomic E-state index is 5.24. The fraction of sp³-hybridized carbons (Fsp3) is 0.389. The van der Waals surface area contributed by atoms with E-state index in [9.17, 15) is 0 Å². The lowest BCUT2D eigenvalue weighted by Gasteiger charge is -2.09. The highest BCUT2D eigenvalue weighted by Crippen LogP contribution is 2.28. The van der Waals surface area contributed by atoms with Crippen molar-refractivity contribution in [1.82, 2.24) is 19.7 Å². The third-order valence-corrected chi connectivity index (χ3v) is 5.92. The summed E-state index contributed by atoms with van der Waals surface area (Å²) >= 11 is 3.40. The van der Waals surface area contributed by atoms with Crippen LogP contribution in [0.15, 0.2) is 34.8 Å². The number of hydrogen-bond donors (Lipinski definition) is 0. The Balaban J connectivity index is 1.83. The second-order valence-electron chi connectivity index (χ2n) is 5.71. The van der Waals surface area contributed by atoms with E-state index < -0.39 is 0 Å². The van der Waals surface area contributed by atoms with Crippen LogP contribution in [0.1, 0.15) is 30.5 Å². The number of aromatic nitrogens is 4. The molecule has 0 aliphatic heterocycles. The van der Waals surface area contributed by atoms with Crippen LogP contribution in [0.2, 0.25) is 0 Å². The summed E-state index contributed by atoms with van der Waals surface area (Å²) in [6, 6.07) is 7.98. The molecule has 0 spiro atoms. The van der Waals surface area contributed by atoms with Crippen LogP contribution >= 0.6 is 23.1 Å². The zero-order valence-electron chi connectivity index (χ0n) is 14.7. The SMILES string of the molecule is CCCCn1c(SCc2nc(C)cs2)nnc1-c1ccc(OC)cc1. The summed E-state index contributed by atoms with van der Waals surface area (Å²) in [5.74, 6) is 2.58. The van der Waals surface area contributed by atoms with Crippen LogP contribution in [0.4, 0.5) is 0 Å².